The normalized spacial score (nSPS) is 20.3. The minimum absolute atomic E-state index is 0.108. The lowest BCUT2D eigenvalue weighted by Gasteiger charge is -2.14. The highest BCUT2D eigenvalue weighted by molar-refractivity contribution is 5.88. The SMILES string of the molecule is N[C@H](Cc1cccc(NC2CCCC2=O)c1)C(=O)O. The van der Waals surface area contributed by atoms with Crippen LogP contribution in [0.25, 0.3) is 0 Å². The van der Waals surface area contributed by atoms with Gasteiger partial charge in [0.2, 0.25) is 0 Å². The predicted molar refractivity (Wildman–Crippen MR) is 72.0 cm³/mol. The summed E-state index contributed by atoms with van der Waals surface area (Å²) < 4.78 is 0. The maximum absolute atomic E-state index is 11.6. The summed E-state index contributed by atoms with van der Waals surface area (Å²) in [4.78, 5) is 22.3. The highest BCUT2D eigenvalue weighted by Crippen LogP contribution is 2.20. The maximum Gasteiger partial charge on any atom is 0.320 e. The fourth-order valence-corrected chi connectivity index (χ4v) is 2.30. The number of Topliss-reactive ketones (excluding diaryl/α,β-unsaturated/α-hetero) is 1. The molecular weight excluding hydrogens is 244 g/mol. The molecule has 5 heteroatoms. The summed E-state index contributed by atoms with van der Waals surface area (Å²) in [5, 5.41) is 12.0. The van der Waals surface area contributed by atoms with E-state index in [0.717, 1.165) is 24.1 Å². The van der Waals surface area contributed by atoms with Crippen LogP contribution in [0.3, 0.4) is 0 Å². The fraction of sp³-hybridized carbons (Fsp3) is 0.429. The number of hydrogen-bond donors (Lipinski definition) is 3. The van der Waals surface area contributed by atoms with Crippen molar-refractivity contribution in [2.24, 2.45) is 5.73 Å². The Hall–Kier alpha value is -1.88. The van der Waals surface area contributed by atoms with E-state index in [-0.39, 0.29) is 18.2 Å². The van der Waals surface area contributed by atoms with Crippen LogP contribution in [0.4, 0.5) is 5.69 Å². The van der Waals surface area contributed by atoms with E-state index in [1.165, 1.54) is 0 Å². The second-order valence-electron chi connectivity index (χ2n) is 4.90. The molecule has 2 atom stereocenters. The Labute approximate surface area is 111 Å². The summed E-state index contributed by atoms with van der Waals surface area (Å²) in [5.41, 5.74) is 7.21. The second kappa shape index (κ2) is 5.84. The number of rotatable bonds is 5. The molecule has 0 bridgehead atoms. The third-order valence-electron chi connectivity index (χ3n) is 3.35. The molecule has 5 nitrogen and oxygen atoms in total. The lowest BCUT2D eigenvalue weighted by atomic mass is 10.1. The number of carboxylic acids is 1. The quantitative estimate of drug-likeness (QED) is 0.741. The molecule has 102 valence electrons. The molecular formula is C14H18N2O3. The predicted octanol–water partition coefficient (Wildman–Crippen LogP) is 1.17. The molecule has 1 saturated carbocycles. The highest BCUT2D eigenvalue weighted by atomic mass is 16.4. The molecule has 4 N–H and O–H groups in total. The van der Waals surface area contributed by atoms with E-state index in [1.807, 2.05) is 24.3 Å². The Kier molecular flexibility index (Phi) is 4.16. The van der Waals surface area contributed by atoms with Crippen molar-refractivity contribution in [1.82, 2.24) is 0 Å². The van der Waals surface area contributed by atoms with Crippen LogP contribution in [0.5, 0.6) is 0 Å². The molecule has 0 spiro atoms. The Morgan fingerprint density at radius 2 is 2.32 bits per heavy atom. The Balaban J connectivity index is 2.02. The van der Waals surface area contributed by atoms with Gasteiger partial charge in [0.05, 0.1) is 6.04 Å². The smallest absolute Gasteiger partial charge is 0.320 e. The topological polar surface area (TPSA) is 92.4 Å². The average Bonchev–Trinajstić information content (AvgIpc) is 2.75. The summed E-state index contributed by atoms with van der Waals surface area (Å²) in [6.45, 7) is 0. The number of carboxylic acid groups (broad SMARTS) is 1. The van der Waals surface area contributed by atoms with Crippen molar-refractivity contribution < 1.29 is 14.7 Å². The summed E-state index contributed by atoms with van der Waals surface area (Å²) in [6.07, 6.45) is 2.71. The van der Waals surface area contributed by atoms with E-state index in [1.54, 1.807) is 0 Å². The van der Waals surface area contributed by atoms with Crippen LogP contribution in [-0.4, -0.2) is 28.9 Å². The van der Waals surface area contributed by atoms with Crippen LogP contribution in [-0.2, 0) is 16.0 Å². The van der Waals surface area contributed by atoms with Crippen LogP contribution >= 0.6 is 0 Å². The molecule has 2 rings (SSSR count). The van der Waals surface area contributed by atoms with Gasteiger partial charge in [-0.05, 0) is 37.0 Å². The fourth-order valence-electron chi connectivity index (χ4n) is 2.30. The van der Waals surface area contributed by atoms with Gasteiger partial charge in [0.25, 0.3) is 0 Å². The molecule has 0 aliphatic heterocycles. The summed E-state index contributed by atoms with van der Waals surface area (Å²) >= 11 is 0. The van der Waals surface area contributed by atoms with Crippen LogP contribution in [0.15, 0.2) is 24.3 Å². The van der Waals surface area contributed by atoms with Crippen LogP contribution in [0.1, 0.15) is 24.8 Å². The molecule has 0 heterocycles. The summed E-state index contributed by atoms with van der Waals surface area (Å²) in [7, 11) is 0. The van der Waals surface area contributed by atoms with Crippen LogP contribution in [0.2, 0.25) is 0 Å². The van der Waals surface area contributed by atoms with Crippen molar-refractivity contribution in [3.63, 3.8) is 0 Å². The molecule has 19 heavy (non-hydrogen) atoms. The Morgan fingerprint density at radius 3 is 2.95 bits per heavy atom. The minimum atomic E-state index is -1.01. The van der Waals surface area contributed by atoms with E-state index in [9.17, 15) is 9.59 Å². The largest absolute Gasteiger partial charge is 0.480 e. The van der Waals surface area contributed by atoms with Crippen molar-refractivity contribution in [3.05, 3.63) is 29.8 Å². The summed E-state index contributed by atoms with van der Waals surface area (Å²) in [5.74, 6) is -0.767. The van der Waals surface area contributed by atoms with Gasteiger partial charge in [-0.25, -0.2) is 0 Å². The highest BCUT2D eigenvalue weighted by Gasteiger charge is 2.24. The molecule has 1 aliphatic carbocycles. The average molecular weight is 262 g/mol. The number of anilines is 1. The van der Waals surface area contributed by atoms with E-state index in [4.69, 9.17) is 10.8 Å². The number of aliphatic carboxylic acids is 1. The van der Waals surface area contributed by atoms with Gasteiger partial charge in [-0.15, -0.1) is 0 Å². The van der Waals surface area contributed by atoms with Gasteiger partial charge in [-0.2, -0.15) is 0 Å². The molecule has 1 unspecified atom stereocenters. The molecule has 1 aromatic carbocycles. The van der Waals surface area contributed by atoms with E-state index in [2.05, 4.69) is 5.32 Å². The summed E-state index contributed by atoms with van der Waals surface area (Å²) in [6, 6.07) is 6.40. The second-order valence-corrected chi connectivity index (χ2v) is 4.90. The van der Waals surface area contributed by atoms with E-state index in [0.29, 0.717) is 6.42 Å². The lowest BCUT2D eigenvalue weighted by Crippen LogP contribution is -2.32. The number of carbonyl (C=O) groups excluding carboxylic acids is 1. The number of ketones is 1. The van der Waals surface area contributed by atoms with Gasteiger partial charge in [0.1, 0.15) is 6.04 Å². The first-order chi connectivity index (χ1) is 9.06. The van der Waals surface area contributed by atoms with Crippen molar-refractivity contribution in [3.8, 4) is 0 Å². The van der Waals surface area contributed by atoms with Crippen molar-refractivity contribution in [2.45, 2.75) is 37.8 Å². The molecule has 0 saturated heterocycles. The van der Waals surface area contributed by atoms with Crippen LogP contribution in [0, 0.1) is 0 Å². The maximum atomic E-state index is 11.6. The standard InChI is InChI=1S/C14H18N2O3/c15-11(14(18)19)8-9-3-1-4-10(7-9)16-12-5-2-6-13(12)17/h1,3-4,7,11-12,16H,2,5-6,8,15H2,(H,18,19)/t11-,12?/m1/s1. The third-order valence-corrected chi connectivity index (χ3v) is 3.35. The first-order valence-corrected chi connectivity index (χ1v) is 6.43. The van der Waals surface area contributed by atoms with Gasteiger partial charge in [-0.3, -0.25) is 9.59 Å². The van der Waals surface area contributed by atoms with Gasteiger partial charge in [0, 0.05) is 12.1 Å². The molecule has 1 fully saturated rings. The first kappa shape index (κ1) is 13.5. The Bertz CT molecular complexity index is 487. The van der Waals surface area contributed by atoms with Gasteiger partial charge in [-0.1, -0.05) is 12.1 Å². The molecule has 0 amide bonds. The van der Waals surface area contributed by atoms with Crippen molar-refractivity contribution >= 4 is 17.4 Å². The number of nitrogens with one attached hydrogen (secondary N) is 1. The molecule has 1 aliphatic rings. The molecule has 0 aromatic heterocycles. The zero-order valence-corrected chi connectivity index (χ0v) is 10.6. The zero-order valence-electron chi connectivity index (χ0n) is 10.6. The first-order valence-electron chi connectivity index (χ1n) is 6.43. The van der Waals surface area contributed by atoms with Gasteiger partial charge >= 0.3 is 5.97 Å². The van der Waals surface area contributed by atoms with E-state index >= 15 is 0 Å². The van der Waals surface area contributed by atoms with Gasteiger partial charge < -0.3 is 16.2 Å². The zero-order chi connectivity index (χ0) is 13.8. The van der Waals surface area contributed by atoms with Crippen molar-refractivity contribution in [2.75, 3.05) is 5.32 Å². The molecule has 0 radical (unpaired) electrons. The Morgan fingerprint density at radius 1 is 1.53 bits per heavy atom. The number of nitrogens with two attached hydrogens (primary N) is 1. The van der Waals surface area contributed by atoms with Crippen LogP contribution < -0.4 is 11.1 Å². The minimum Gasteiger partial charge on any atom is -0.480 e. The monoisotopic (exact) mass is 262 g/mol. The number of carbonyl (C=O) groups is 2. The lowest BCUT2D eigenvalue weighted by molar-refractivity contribution is -0.138. The number of hydrogen-bond acceptors (Lipinski definition) is 4. The van der Waals surface area contributed by atoms with Crippen molar-refractivity contribution in [1.29, 1.82) is 0 Å². The van der Waals surface area contributed by atoms with E-state index < -0.39 is 12.0 Å². The third kappa shape index (κ3) is 3.54. The number of benzene rings is 1. The van der Waals surface area contributed by atoms with Gasteiger partial charge in [0.15, 0.2) is 5.78 Å². The molecule has 1 aromatic rings.